The molecule has 1 aromatic heterocycles. The molecule has 0 saturated carbocycles. The summed E-state index contributed by atoms with van der Waals surface area (Å²) in [5.41, 5.74) is 0.788. The van der Waals surface area contributed by atoms with Gasteiger partial charge in [0.15, 0.2) is 5.58 Å². The van der Waals surface area contributed by atoms with Crippen LogP contribution in [-0.2, 0) is 0 Å². The Balaban J connectivity index is 1.96. The lowest BCUT2D eigenvalue weighted by Crippen LogP contribution is -2.46. The van der Waals surface area contributed by atoms with E-state index in [0.717, 1.165) is 29.0 Å². The minimum absolute atomic E-state index is 0.191. The van der Waals surface area contributed by atoms with E-state index in [2.05, 4.69) is 23.3 Å². The van der Waals surface area contributed by atoms with Gasteiger partial charge in [-0.3, -0.25) is 4.90 Å². The first-order valence-corrected chi connectivity index (χ1v) is 8.37. The van der Waals surface area contributed by atoms with Crippen molar-refractivity contribution < 1.29 is 4.42 Å². The van der Waals surface area contributed by atoms with Crippen molar-refractivity contribution in [2.75, 3.05) is 32.1 Å². The molecule has 1 aliphatic heterocycles. The fourth-order valence-corrected chi connectivity index (χ4v) is 4.27. The van der Waals surface area contributed by atoms with Crippen LogP contribution >= 0.6 is 23.4 Å². The second-order valence-corrected chi connectivity index (χ2v) is 6.75. The highest BCUT2D eigenvalue weighted by Gasteiger charge is 2.30. The van der Waals surface area contributed by atoms with E-state index in [1.807, 2.05) is 37.0 Å². The molecule has 2 atom stereocenters. The zero-order valence-electron chi connectivity index (χ0n) is 11.7. The van der Waals surface area contributed by atoms with E-state index in [9.17, 15) is 0 Å². The standard InChI is InChI=1S/C15H19ClN2OS/c1-17-14(12-9-20-7-6-18(12)2)13-8-10-4-3-5-11(16)15(10)19-13/h3-5,8,12,14,17H,6-7,9H2,1-2H3. The Morgan fingerprint density at radius 3 is 3.05 bits per heavy atom. The molecular weight excluding hydrogens is 292 g/mol. The fourth-order valence-electron chi connectivity index (χ4n) is 2.78. The lowest BCUT2D eigenvalue weighted by molar-refractivity contribution is 0.207. The second kappa shape index (κ2) is 5.98. The maximum absolute atomic E-state index is 6.20. The number of halogens is 1. The van der Waals surface area contributed by atoms with E-state index in [-0.39, 0.29) is 6.04 Å². The van der Waals surface area contributed by atoms with Gasteiger partial charge in [-0.2, -0.15) is 11.8 Å². The number of furan rings is 1. The third kappa shape index (κ3) is 2.58. The quantitative estimate of drug-likeness (QED) is 0.940. The van der Waals surface area contributed by atoms with Crippen molar-refractivity contribution in [3.05, 3.63) is 35.0 Å². The molecule has 1 aliphatic rings. The van der Waals surface area contributed by atoms with E-state index in [4.69, 9.17) is 16.0 Å². The van der Waals surface area contributed by atoms with Crippen LogP contribution in [0.2, 0.25) is 5.02 Å². The van der Waals surface area contributed by atoms with Crippen molar-refractivity contribution in [2.45, 2.75) is 12.1 Å². The largest absolute Gasteiger partial charge is 0.458 e. The van der Waals surface area contributed by atoms with Crippen molar-refractivity contribution in [1.29, 1.82) is 0 Å². The number of para-hydroxylation sites is 1. The predicted molar refractivity (Wildman–Crippen MR) is 86.8 cm³/mol. The van der Waals surface area contributed by atoms with Gasteiger partial charge in [0.25, 0.3) is 0 Å². The molecule has 1 N–H and O–H groups in total. The summed E-state index contributed by atoms with van der Waals surface area (Å²) in [5.74, 6) is 3.29. The lowest BCUT2D eigenvalue weighted by atomic mass is 10.1. The monoisotopic (exact) mass is 310 g/mol. The van der Waals surface area contributed by atoms with E-state index < -0.39 is 0 Å². The summed E-state index contributed by atoms with van der Waals surface area (Å²) >= 11 is 8.21. The zero-order chi connectivity index (χ0) is 14.1. The SMILES string of the molecule is CNC(c1cc2cccc(Cl)c2o1)C1CSCCN1C. The van der Waals surface area contributed by atoms with E-state index in [1.54, 1.807) is 0 Å². The molecule has 108 valence electrons. The van der Waals surface area contributed by atoms with Crippen molar-refractivity contribution in [3.63, 3.8) is 0 Å². The van der Waals surface area contributed by atoms with Crippen LogP contribution in [0.25, 0.3) is 11.0 Å². The number of nitrogens with zero attached hydrogens (tertiary/aromatic N) is 1. The van der Waals surface area contributed by atoms with Crippen LogP contribution < -0.4 is 5.32 Å². The van der Waals surface area contributed by atoms with Crippen molar-refractivity contribution >= 4 is 34.3 Å². The van der Waals surface area contributed by atoms with Gasteiger partial charge >= 0.3 is 0 Å². The molecule has 2 aromatic rings. The minimum atomic E-state index is 0.191. The summed E-state index contributed by atoms with van der Waals surface area (Å²) < 4.78 is 6.02. The Hall–Kier alpha value is -0.680. The van der Waals surface area contributed by atoms with Crippen LogP contribution in [0.1, 0.15) is 11.8 Å². The molecule has 2 heterocycles. The maximum Gasteiger partial charge on any atom is 0.152 e. The molecule has 0 bridgehead atoms. The Labute approximate surface area is 128 Å². The lowest BCUT2D eigenvalue weighted by Gasteiger charge is -2.36. The summed E-state index contributed by atoms with van der Waals surface area (Å²) in [4.78, 5) is 2.41. The van der Waals surface area contributed by atoms with Gasteiger partial charge in [-0.15, -0.1) is 0 Å². The molecule has 5 heteroatoms. The maximum atomic E-state index is 6.20. The number of thioether (sulfide) groups is 1. The number of rotatable bonds is 3. The number of hydrogen-bond donors (Lipinski definition) is 1. The Bertz CT molecular complexity index is 601. The number of fused-ring (bicyclic) bond motifs is 1. The number of nitrogens with one attached hydrogen (secondary N) is 1. The van der Waals surface area contributed by atoms with Crippen LogP contribution in [0, 0.1) is 0 Å². The van der Waals surface area contributed by atoms with Crippen molar-refractivity contribution in [2.24, 2.45) is 0 Å². The molecule has 1 aromatic carbocycles. The van der Waals surface area contributed by atoms with Gasteiger partial charge in [0.2, 0.25) is 0 Å². The Morgan fingerprint density at radius 1 is 1.50 bits per heavy atom. The van der Waals surface area contributed by atoms with Gasteiger partial charge in [-0.05, 0) is 26.2 Å². The highest BCUT2D eigenvalue weighted by molar-refractivity contribution is 7.99. The predicted octanol–water partition coefficient (Wildman–Crippen LogP) is 3.39. The molecule has 0 amide bonds. The molecule has 0 radical (unpaired) electrons. The molecule has 1 saturated heterocycles. The summed E-state index contributed by atoms with van der Waals surface area (Å²) in [6, 6.07) is 8.61. The van der Waals surface area contributed by atoms with Crippen LogP contribution in [0.5, 0.6) is 0 Å². The van der Waals surface area contributed by atoms with Gasteiger partial charge in [-0.1, -0.05) is 23.7 Å². The molecule has 20 heavy (non-hydrogen) atoms. The molecule has 0 spiro atoms. The highest BCUT2D eigenvalue weighted by Crippen LogP contribution is 2.33. The third-order valence-electron chi connectivity index (χ3n) is 3.96. The highest BCUT2D eigenvalue weighted by atomic mass is 35.5. The molecule has 3 rings (SSSR count). The third-order valence-corrected chi connectivity index (χ3v) is 5.31. The van der Waals surface area contributed by atoms with Gasteiger partial charge in [-0.25, -0.2) is 0 Å². The molecule has 0 aliphatic carbocycles. The van der Waals surface area contributed by atoms with Gasteiger partial charge in [0.1, 0.15) is 5.76 Å². The fraction of sp³-hybridized carbons (Fsp3) is 0.467. The zero-order valence-corrected chi connectivity index (χ0v) is 13.3. The molecular formula is C15H19ClN2OS. The van der Waals surface area contributed by atoms with Gasteiger partial charge in [0, 0.05) is 29.5 Å². The first-order chi connectivity index (χ1) is 9.70. The minimum Gasteiger partial charge on any atom is -0.458 e. The van der Waals surface area contributed by atoms with Crippen LogP contribution in [0.3, 0.4) is 0 Å². The van der Waals surface area contributed by atoms with Crippen LogP contribution in [-0.4, -0.2) is 43.1 Å². The first kappa shape index (κ1) is 14.3. The molecule has 3 nitrogen and oxygen atoms in total. The van der Waals surface area contributed by atoms with Gasteiger partial charge in [0.05, 0.1) is 11.1 Å². The second-order valence-electron chi connectivity index (χ2n) is 5.20. The summed E-state index contributed by atoms with van der Waals surface area (Å²) in [6.07, 6.45) is 0. The number of hydrogen-bond acceptors (Lipinski definition) is 4. The Kier molecular flexibility index (Phi) is 4.26. The van der Waals surface area contributed by atoms with Gasteiger partial charge < -0.3 is 9.73 Å². The van der Waals surface area contributed by atoms with Crippen LogP contribution in [0.15, 0.2) is 28.7 Å². The normalized spacial score (nSPS) is 22.2. The van der Waals surface area contributed by atoms with Crippen molar-refractivity contribution in [1.82, 2.24) is 10.2 Å². The topological polar surface area (TPSA) is 28.4 Å². The summed E-state index contributed by atoms with van der Waals surface area (Å²) in [6.45, 7) is 1.12. The Morgan fingerprint density at radius 2 is 2.35 bits per heavy atom. The molecule has 1 fully saturated rings. The van der Waals surface area contributed by atoms with Crippen LogP contribution in [0.4, 0.5) is 0 Å². The summed E-state index contributed by atoms with van der Waals surface area (Å²) in [5, 5.41) is 5.15. The molecule has 2 unspecified atom stereocenters. The van der Waals surface area contributed by atoms with Crippen molar-refractivity contribution in [3.8, 4) is 0 Å². The van der Waals surface area contributed by atoms with E-state index in [1.165, 1.54) is 5.75 Å². The summed E-state index contributed by atoms with van der Waals surface area (Å²) in [7, 11) is 4.18. The van der Waals surface area contributed by atoms with E-state index in [0.29, 0.717) is 11.1 Å². The smallest absolute Gasteiger partial charge is 0.152 e. The average Bonchev–Trinajstić information content (AvgIpc) is 2.87. The van der Waals surface area contributed by atoms with E-state index >= 15 is 0 Å². The number of likely N-dealkylation sites (N-methyl/N-ethyl adjacent to an activating group) is 2. The number of benzene rings is 1. The first-order valence-electron chi connectivity index (χ1n) is 6.84. The average molecular weight is 311 g/mol.